The second-order valence-corrected chi connectivity index (χ2v) is 9.44. The molecule has 0 fully saturated rings. The van der Waals surface area contributed by atoms with E-state index in [1.165, 1.54) is 33.2 Å². The lowest BCUT2D eigenvalue weighted by molar-refractivity contribution is 1.17. The third-order valence-electron chi connectivity index (χ3n) is 7.08. The molecule has 180 valence electrons. The molecule has 5 aromatic carbocycles. The first-order valence-electron chi connectivity index (χ1n) is 12.8. The number of pyridine rings is 1. The molecule has 3 heteroatoms. The summed E-state index contributed by atoms with van der Waals surface area (Å²) in [5.41, 5.74) is 10.4. The van der Waals surface area contributed by atoms with Gasteiger partial charge in [-0.2, -0.15) is 0 Å². The van der Waals surface area contributed by atoms with Gasteiger partial charge >= 0.3 is 0 Å². The van der Waals surface area contributed by atoms with Crippen LogP contribution in [0.3, 0.4) is 0 Å². The first-order valence-corrected chi connectivity index (χ1v) is 12.8. The maximum Gasteiger partial charge on any atom is 0.0571 e. The van der Waals surface area contributed by atoms with Crippen molar-refractivity contribution >= 4 is 33.2 Å². The molecule has 3 nitrogen and oxygen atoms in total. The Hall–Kier alpha value is -5.15. The van der Waals surface area contributed by atoms with Crippen molar-refractivity contribution in [1.82, 2.24) is 9.55 Å². The van der Waals surface area contributed by atoms with Gasteiger partial charge < -0.3 is 9.88 Å². The number of benzene rings is 5. The molecule has 1 N–H and O–H groups in total. The molecule has 2 aromatic heterocycles. The summed E-state index contributed by atoms with van der Waals surface area (Å²) in [5.74, 6) is 0. The van der Waals surface area contributed by atoms with Gasteiger partial charge in [0.1, 0.15) is 0 Å². The van der Waals surface area contributed by atoms with Gasteiger partial charge in [0, 0.05) is 40.2 Å². The average molecular weight is 488 g/mol. The molecule has 0 aliphatic carbocycles. The van der Waals surface area contributed by atoms with E-state index in [0.29, 0.717) is 0 Å². The monoisotopic (exact) mass is 487 g/mol. The minimum absolute atomic E-state index is 1.06. The fourth-order valence-corrected chi connectivity index (χ4v) is 5.19. The summed E-state index contributed by atoms with van der Waals surface area (Å²) in [5, 5.41) is 5.89. The van der Waals surface area contributed by atoms with Crippen molar-refractivity contribution in [3.63, 3.8) is 0 Å². The summed E-state index contributed by atoms with van der Waals surface area (Å²) in [4.78, 5) is 4.42. The Morgan fingerprint density at radius 1 is 0.474 bits per heavy atom. The van der Waals surface area contributed by atoms with E-state index in [-0.39, 0.29) is 0 Å². The molecule has 0 saturated carbocycles. The van der Waals surface area contributed by atoms with E-state index in [0.717, 1.165) is 28.0 Å². The lowest BCUT2D eigenvalue weighted by atomic mass is 10.0. The van der Waals surface area contributed by atoms with E-state index in [4.69, 9.17) is 0 Å². The van der Waals surface area contributed by atoms with Crippen molar-refractivity contribution in [3.8, 4) is 27.9 Å². The fraction of sp³-hybridized carbons (Fsp3) is 0. The summed E-state index contributed by atoms with van der Waals surface area (Å²) in [6.45, 7) is 0. The molecule has 7 aromatic rings. The maximum absolute atomic E-state index is 4.42. The SMILES string of the molecule is c1ccc(-c2ccc(Nc3ccc(-c4ccc5c(c4)c4cnccc4n5-c4ccccc4)cc3)cc2)cc1. The van der Waals surface area contributed by atoms with Crippen LogP contribution in [0.1, 0.15) is 0 Å². The van der Waals surface area contributed by atoms with Crippen LogP contribution in [-0.4, -0.2) is 9.55 Å². The van der Waals surface area contributed by atoms with Gasteiger partial charge in [0.05, 0.1) is 11.0 Å². The van der Waals surface area contributed by atoms with Crippen LogP contribution < -0.4 is 5.32 Å². The normalized spacial score (nSPS) is 11.2. The highest BCUT2D eigenvalue weighted by atomic mass is 15.0. The summed E-state index contributed by atoms with van der Waals surface area (Å²) in [6, 6.07) is 46.9. The Bertz CT molecular complexity index is 1850. The molecule has 0 saturated heterocycles. The van der Waals surface area contributed by atoms with E-state index in [2.05, 4.69) is 142 Å². The predicted molar refractivity (Wildman–Crippen MR) is 159 cm³/mol. The second-order valence-electron chi connectivity index (χ2n) is 9.44. The molecular weight excluding hydrogens is 462 g/mol. The zero-order valence-electron chi connectivity index (χ0n) is 20.8. The minimum Gasteiger partial charge on any atom is -0.356 e. The highest BCUT2D eigenvalue weighted by molar-refractivity contribution is 6.10. The number of hydrogen-bond acceptors (Lipinski definition) is 2. The number of aromatic nitrogens is 2. The molecular formula is C35H25N3. The van der Waals surface area contributed by atoms with Crippen LogP contribution >= 0.6 is 0 Å². The summed E-state index contributed by atoms with van der Waals surface area (Å²) >= 11 is 0. The van der Waals surface area contributed by atoms with Crippen molar-refractivity contribution < 1.29 is 0 Å². The zero-order chi connectivity index (χ0) is 25.3. The minimum atomic E-state index is 1.06. The van der Waals surface area contributed by atoms with Crippen molar-refractivity contribution in [2.75, 3.05) is 5.32 Å². The maximum atomic E-state index is 4.42. The van der Waals surface area contributed by atoms with Crippen LogP contribution in [0, 0.1) is 0 Å². The lowest BCUT2D eigenvalue weighted by Crippen LogP contribution is -1.93. The first-order chi connectivity index (χ1) is 18.8. The highest BCUT2D eigenvalue weighted by Gasteiger charge is 2.13. The third-order valence-corrected chi connectivity index (χ3v) is 7.08. The van der Waals surface area contributed by atoms with E-state index in [1.807, 2.05) is 18.5 Å². The van der Waals surface area contributed by atoms with E-state index in [1.54, 1.807) is 0 Å². The predicted octanol–water partition coefficient (Wildman–Crippen LogP) is 9.26. The van der Waals surface area contributed by atoms with Crippen LogP contribution in [-0.2, 0) is 0 Å². The Morgan fingerprint density at radius 2 is 1.03 bits per heavy atom. The number of nitrogens with one attached hydrogen (secondary N) is 1. The van der Waals surface area contributed by atoms with Crippen molar-refractivity contribution in [2.45, 2.75) is 0 Å². The number of rotatable bonds is 5. The van der Waals surface area contributed by atoms with Crippen LogP contribution in [0.25, 0.3) is 49.7 Å². The summed E-state index contributed by atoms with van der Waals surface area (Å²) in [6.07, 6.45) is 3.83. The summed E-state index contributed by atoms with van der Waals surface area (Å²) in [7, 11) is 0. The number of hydrogen-bond donors (Lipinski definition) is 1. The number of fused-ring (bicyclic) bond motifs is 3. The Labute approximate surface area is 221 Å². The third kappa shape index (κ3) is 4.00. The Kier molecular flexibility index (Phi) is 5.45. The van der Waals surface area contributed by atoms with Crippen LogP contribution in [0.4, 0.5) is 11.4 Å². The molecule has 0 aliphatic rings. The van der Waals surface area contributed by atoms with Gasteiger partial charge in [0.25, 0.3) is 0 Å². The van der Waals surface area contributed by atoms with Crippen molar-refractivity contribution in [1.29, 1.82) is 0 Å². The van der Waals surface area contributed by atoms with E-state index >= 15 is 0 Å². The topological polar surface area (TPSA) is 29.9 Å². The van der Waals surface area contributed by atoms with Gasteiger partial charge in [-0.25, -0.2) is 0 Å². The average Bonchev–Trinajstić information content (AvgIpc) is 3.33. The van der Waals surface area contributed by atoms with Crippen molar-refractivity contribution in [2.24, 2.45) is 0 Å². The zero-order valence-corrected chi connectivity index (χ0v) is 20.8. The quantitative estimate of drug-likeness (QED) is 0.262. The smallest absolute Gasteiger partial charge is 0.0571 e. The molecule has 0 spiro atoms. The Morgan fingerprint density at radius 3 is 1.71 bits per heavy atom. The molecule has 0 radical (unpaired) electrons. The molecule has 2 heterocycles. The second kappa shape index (κ2) is 9.38. The largest absolute Gasteiger partial charge is 0.356 e. The molecule has 0 bridgehead atoms. The van der Waals surface area contributed by atoms with Crippen LogP contribution in [0.2, 0.25) is 0 Å². The number of nitrogens with zero attached hydrogens (tertiary/aromatic N) is 2. The molecule has 0 aliphatic heterocycles. The molecule has 7 rings (SSSR count). The number of para-hydroxylation sites is 1. The Balaban J connectivity index is 1.18. The highest BCUT2D eigenvalue weighted by Crippen LogP contribution is 2.35. The lowest BCUT2D eigenvalue weighted by Gasteiger charge is -2.10. The molecule has 0 amide bonds. The fourth-order valence-electron chi connectivity index (χ4n) is 5.19. The summed E-state index contributed by atoms with van der Waals surface area (Å²) < 4.78 is 2.31. The van der Waals surface area contributed by atoms with Gasteiger partial charge in [-0.05, 0) is 76.9 Å². The number of anilines is 2. The molecule has 0 unspecified atom stereocenters. The first kappa shape index (κ1) is 22.1. The van der Waals surface area contributed by atoms with Gasteiger partial charge in [-0.3, -0.25) is 4.98 Å². The standard InChI is InChI=1S/C35H25N3/c1-3-7-25(8-4-1)26-11-16-29(17-12-26)37-30-18-13-27(14-19-30)28-15-20-34-32(23-28)33-24-36-22-21-35(33)38(34)31-9-5-2-6-10-31/h1-24,37H. The van der Waals surface area contributed by atoms with Crippen LogP contribution in [0.5, 0.6) is 0 Å². The van der Waals surface area contributed by atoms with Gasteiger partial charge in [-0.1, -0.05) is 78.9 Å². The van der Waals surface area contributed by atoms with Gasteiger partial charge in [-0.15, -0.1) is 0 Å². The van der Waals surface area contributed by atoms with E-state index < -0.39 is 0 Å². The van der Waals surface area contributed by atoms with Gasteiger partial charge in [0.15, 0.2) is 0 Å². The van der Waals surface area contributed by atoms with Crippen LogP contribution in [0.15, 0.2) is 146 Å². The van der Waals surface area contributed by atoms with Crippen molar-refractivity contribution in [3.05, 3.63) is 146 Å². The molecule has 0 atom stereocenters. The van der Waals surface area contributed by atoms with E-state index in [9.17, 15) is 0 Å². The molecule has 38 heavy (non-hydrogen) atoms. The van der Waals surface area contributed by atoms with Gasteiger partial charge in [0.2, 0.25) is 0 Å².